The van der Waals surface area contributed by atoms with E-state index in [-0.39, 0.29) is 5.78 Å². The predicted octanol–water partition coefficient (Wildman–Crippen LogP) is 3.08. The molecule has 0 radical (unpaired) electrons. The number of ketones is 1. The van der Waals surface area contributed by atoms with E-state index in [0.29, 0.717) is 18.0 Å². The second kappa shape index (κ2) is 7.70. The van der Waals surface area contributed by atoms with Crippen LogP contribution in [0.3, 0.4) is 0 Å². The molecule has 1 heterocycles. The van der Waals surface area contributed by atoms with Gasteiger partial charge in [0.15, 0.2) is 11.7 Å². The second-order valence-electron chi connectivity index (χ2n) is 5.87. The summed E-state index contributed by atoms with van der Waals surface area (Å²) < 4.78 is 10.4. The third-order valence-corrected chi connectivity index (χ3v) is 4.05. The highest BCUT2D eigenvalue weighted by atomic mass is 16.5. The molecular formula is C21H19NO4. The Labute approximate surface area is 151 Å². The van der Waals surface area contributed by atoms with Crippen molar-refractivity contribution in [3.05, 3.63) is 83.7 Å². The van der Waals surface area contributed by atoms with Crippen LogP contribution in [0, 0.1) is 5.92 Å². The van der Waals surface area contributed by atoms with Crippen molar-refractivity contribution in [1.29, 1.82) is 0 Å². The van der Waals surface area contributed by atoms with Crippen molar-refractivity contribution in [3.8, 4) is 5.75 Å². The Morgan fingerprint density at radius 1 is 1.15 bits per heavy atom. The second-order valence-corrected chi connectivity index (χ2v) is 5.87. The summed E-state index contributed by atoms with van der Waals surface area (Å²) in [6, 6.07) is 17.3. The molecule has 1 N–H and O–H groups in total. The fourth-order valence-electron chi connectivity index (χ4n) is 2.66. The van der Waals surface area contributed by atoms with Gasteiger partial charge in [0.25, 0.3) is 0 Å². The van der Waals surface area contributed by atoms with Gasteiger partial charge in [-0.05, 0) is 29.3 Å². The zero-order valence-electron chi connectivity index (χ0n) is 14.4. The van der Waals surface area contributed by atoms with Gasteiger partial charge in [-0.25, -0.2) is 0 Å². The lowest BCUT2D eigenvalue weighted by Crippen LogP contribution is -2.21. The molecule has 2 aromatic rings. The number of ether oxygens (including phenoxy) is 2. The first-order valence-electron chi connectivity index (χ1n) is 8.15. The lowest BCUT2D eigenvalue weighted by atomic mass is 10.0. The molecule has 1 aliphatic rings. The Kier molecular flexibility index (Phi) is 5.17. The van der Waals surface area contributed by atoms with Gasteiger partial charge in [0.05, 0.1) is 12.8 Å². The molecule has 5 nitrogen and oxygen atoms in total. The molecule has 132 valence electrons. The molecule has 0 aliphatic carbocycles. The van der Waals surface area contributed by atoms with E-state index in [9.17, 15) is 9.59 Å². The topological polar surface area (TPSA) is 64.6 Å². The van der Waals surface area contributed by atoms with Crippen LogP contribution in [-0.4, -0.2) is 18.9 Å². The first-order chi connectivity index (χ1) is 12.6. The fourth-order valence-corrected chi connectivity index (χ4v) is 2.66. The van der Waals surface area contributed by atoms with Crippen LogP contribution in [-0.2, 0) is 20.9 Å². The Morgan fingerprint density at radius 3 is 2.50 bits per heavy atom. The summed E-state index contributed by atoms with van der Waals surface area (Å²) in [5.41, 5.74) is 2.55. The number of hydrogen-bond donors (Lipinski definition) is 1. The minimum Gasteiger partial charge on any atom is -0.489 e. The highest BCUT2D eigenvalue weighted by Gasteiger charge is 2.39. The number of hydrogen-bond acceptors (Lipinski definition) is 5. The van der Waals surface area contributed by atoms with Gasteiger partial charge in [0.2, 0.25) is 0 Å². The van der Waals surface area contributed by atoms with E-state index in [0.717, 1.165) is 16.9 Å². The van der Waals surface area contributed by atoms with Crippen molar-refractivity contribution in [2.45, 2.75) is 6.61 Å². The number of benzene rings is 2. The van der Waals surface area contributed by atoms with Crippen LogP contribution in [0.15, 0.2) is 72.6 Å². The van der Waals surface area contributed by atoms with E-state index in [1.54, 1.807) is 6.08 Å². The molecule has 5 heteroatoms. The molecular weight excluding hydrogens is 330 g/mol. The molecule has 0 saturated carbocycles. The Hall–Kier alpha value is -3.34. The van der Waals surface area contributed by atoms with Gasteiger partial charge in [0.1, 0.15) is 12.4 Å². The van der Waals surface area contributed by atoms with Crippen LogP contribution in [0.2, 0.25) is 0 Å². The van der Waals surface area contributed by atoms with Gasteiger partial charge in [-0.3, -0.25) is 9.59 Å². The summed E-state index contributed by atoms with van der Waals surface area (Å²) >= 11 is 0. The minimum absolute atomic E-state index is 0.323. The highest BCUT2D eigenvalue weighted by Crippen LogP contribution is 2.25. The highest BCUT2D eigenvalue weighted by molar-refractivity contribution is 6.14. The van der Waals surface area contributed by atoms with Gasteiger partial charge in [-0.15, -0.1) is 0 Å². The van der Waals surface area contributed by atoms with Crippen LogP contribution in [0.1, 0.15) is 11.1 Å². The summed E-state index contributed by atoms with van der Waals surface area (Å²) in [4.78, 5) is 24.0. The van der Waals surface area contributed by atoms with Crippen LogP contribution in [0.5, 0.6) is 5.75 Å². The van der Waals surface area contributed by atoms with Gasteiger partial charge in [-0.2, -0.15) is 0 Å². The number of rotatable bonds is 5. The number of carbonyl (C=O) groups is 2. The van der Waals surface area contributed by atoms with Crippen LogP contribution < -0.4 is 10.1 Å². The van der Waals surface area contributed by atoms with E-state index >= 15 is 0 Å². The van der Waals surface area contributed by atoms with Crippen LogP contribution in [0.25, 0.3) is 6.08 Å². The molecule has 0 bridgehead atoms. The maximum absolute atomic E-state index is 12.3. The zero-order chi connectivity index (χ0) is 18.5. The van der Waals surface area contributed by atoms with Gasteiger partial charge in [0, 0.05) is 5.70 Å². The van der Waals surface area contributed by atoms with Crippen LogP contribution in [0.4, 0.5) is 0 Å². The van der Waals surface area contributed by atoms with Crippen LogP contribution >= 0.6 is 0 Å². The summed E-state index contributed by atoms with van der Waals surface area (Å²) in [6.07, 6.45) is 1.68. The third-order valence-electron chi connectivity index (χ3n) is 4.05. The van der Waals surface area contributed by atoms with Gasteiger partial charge in [-0.1, -0.05) is 49.0 Å². The molecule has 0 amide bonds. The molecule has 1 atom stereocenters. The predicted molar refractivity (Wildman–Crippen MR) is 98.0 cm³/mol. The molecule has 1 fully saturated rings. The van der Waals surface area contributed by atoms with Crippen molar-refractivity contribution < 1.29 is 19.1 Å². The largest absolute Gasteiger partial charge is 0.489 e. The fraction of sp³-hybridized carbons (Fsp3) is 0.143. The number of carbonyl (C=O) groups excluding carboxylic acids is 2. The van der Waals surface area contributed by atoms with Crippen molar-refractivity contribution in [2.24, 2.45) is 5.92 Å². The van der Waals surface area contributed by atoms with Crippen molar-refractivity contribution in [3.63, 3.8) is 0 Å². The quantitative estimate of drug-likeness (QED) is 0.511. The lowest BCUT2D eigenvalue weighted by Gasteiger charge is -2.06. The summed E-state index contributed by atoms with van der Waals surface area (Å²) in [5.74, 6) is -1.20. The SMILES string of the molecule is C=C1NC(=Cc2ccc(OCc3ccccc3)cc2)C(=O)C1C(=O)OC. The Bertz CT molecular complexity index is 853. The number of nitrogens with one attached hydrogen (secondary N) is 1. The average molecular weight is 349 g/mol. The van der Waals surface area contributed by atoms with E-state index in [1.165, 1.54) is 7.11 Å². The number of allylic oxidation sites excluding steroid dienone is 1. The maximum Gasteiger partial charge on any atom is 0.322 e. The average Bonchev–Trinajstić information content (AvgIpc) is 2.94. The molecule has 1 unspecified atom stereocenters. The number of methoxy groups -OCH3 is 1. The third kappa shape index (κ3) is 3.83. The first kappa shape index (κ1) is 17.5. The van der Waals surface area contributed by atoms with Gasteiger partial charge < -0.3 is 14.8 Å². The molecule has 3 rings (SSSR count). The van der Waals surface area contributed by atoms with E-state index in [1.807, 2.05) is 54.6 Å². The molecule has 0 aromatic heterocycles. The van der Waals surface area contributed by atoms with E-state index in [4.69, 9.17) is 4.74 Å². The summed E-state index contributed by atoms with van der Waals surface area (Å²) in [7, 11) is 1.25. The van der Waals surface area contributed by atoms with Crippen molar-refractivity contribution >= 4 is 17.8 Å². The maximum atomic E-state index is 12.3. The van der Waals surface area contributed by atoms with E-state index in [2.05, 4.69) is 16.6 Å². The Morgan fingerprint density at radius 2 is 1.85 bits per heavy atom. The standard InChI is InChI=1S/C21H19NO4/c1-14-19(21(24)25-2)20(23)18(22-14)12-15-8-10-17(11-9-15)26-13-16-6-4-3-5-7-16/h3-12,19,22H,1,13H2,2H3. The summed E-state index contributed by atoms with van der Waals surface area (Å²) in [6.45, 7) is 4.21. The molecule has 26 heavy (non-hydrogen) atoms. The minimum atomic E-state index is -0.986. The van der Waals surface area contributed by atoms with Crippen molar-refractivity contribution in [1.82, 2.24) is 5.32 Å². The summed E-state index contributed by atoms with van der Waals surface area (Å²) in [5, 5.41) is 2.86. The molecule has 0 spiro atoms. The Balaban J connectivity index is 1.67. The monoisotopic (exact) mass is 349 g/mol. The first-order valence-corrected chi connectivity index (χ1v) is 8.15. The van der Waals surface area contributed by atoms with Gasteiger partial charge >= 0.3 is 5.97 Å². The molecule has 1 saturated heterocycles. The number of Topliss-reactive ketones (excluding diaryl/α,β-unsaturated/α-hetero) is 1. The zero-order valence-corrected chi connectivity index (χ0v) is 14.4. The molecule has 1 aliphatic heterocycles. The normalized spacial score (nSPS) is 17.9. The van der Waals surface area contributed by atoms with E-state index < -0.39 is 11.9 Å². The molecule has 2 aromatic carbocycles. The van der Waals surface area contributed by atoms with Crippen molar-refractivity contribution in [2.75, 3.05) is 7.11 Å². The number of esters is 1. The lowest BCUT2D eigenvalue weighted by molar-refractivity contribution is -0.146. The smallest absolute Gasteiger partial charge is 0.322 e.